The Morgan fingerprint density at radius 2 is 2.05 bits per heavy atom. The van der Waals surface area contributed by atoms with Gasteiger partial charge in [-0.25, -0.2) is 0 Å². The van der Waals surface area contributed by atoms with E-state index in [0.29, 0.717) is 29.3 Å². The Balaban J connectivity index is 1.72. The molecule has 106 valence electrons. The summed E-state index contributed by atoms with van der Waals surface area (Å²) in [5.74, 6) is 2.91. The van der Waals surface area contributed by atoms with Crippen LogP contribution in [0.25, 0.3) is 0 Å². The molecule has 2 N–H and O–H groups in total. The number of phenols is 1. The molecule has 3 aliphatic carbocycles. The van der Waals surface area contributed by atoms with Crippen molar-refractivity contribution in [2.75, 3.05) is 0 Å². The second-order valence-corrected chi connectivity index (χ2v) is 7.18. The van der Waals surface area contributed by atoms with E-state index in [-0.39, 0.29) is 5.41 Å². The molecular formula is C18H22O2. The number of rotatable bonds is 0. The van der Waals surface area contributed by atoms with E-state index in [2.05, 4.69) is 19.1 Å². The van der Waals surface area contributed by atoms with Gasteiger partial charge in [-0.15, -0.1) is 0 Å². The lowest BCUT2D eigenvalue weighted by molar-refractivity contribution is 0.0797. The molecule has 1 fully saturated rings. The SMILES string of the molecule is C[C@@]12C=C(O)C[C@H]1[C@@H]1CCc3cc(O)ccc3[C@H]1CC2. The first kappa shape index (κ1) is 12.3. The highest BCUT2D eigenvalue weighted by atomic mass is 16.3. The molecule has 3 aliphatic rings. The molecule has 2 nitrogen and oxygen atoms in total. The summed E-state index contributed by atoms with van der Waals surface area (Å²) in [7, 11) is 0. The van der Waals surface area contributed by atoms with Crippen LogP contribution >= 0.6 is 0 Å². The average Bonchev–Trinajstić information content (AvgIpc) is 2.72. The maximum Gasteiger partial charge on any atom is 0.115 e. The Morgan fingerprint density at radius 3 is 2.90 bits per heavy atom. The summed E-state index contributed by atoms with van der Waals surface area (Å²) in [6.07, 6.45) is 7.63. The predicted molar refractivity (Wildman–Crippen MR) is 78.8 cm³/mol. The van der Waals surface area contributed by atoms with Crippen LogP contribution in [0.15, 0.2) is 30.0 Å². The Morgan fingerprint density at radius 1 is 1.20 bits per heavy atom. The normalized spacial score (nSPS) is 38.6. The van der Waals surface area contributed by atoms with Gasteiger partial charge in [0.2, 0.25) is 0 Å². The number of aromatic hydroxyl groups is 1. The van der Waals surface area contributed by atoms with E-state index in [1.54, 1.807) is 0 Å². The number of aliphatic hydroxyl groups is 1. The zero-order valence-electron chi connectivity index (χ0n) is 12.0. The van der Waals surface area contributed by atoms with Crippen molar-refractivity contribution in [1.29, 1.82) is 0 Å². The van der Waals surface area contributed by atoms with Gasteiger partial charge in [-0.05, 0) is 78.2 Å². The lowest BCUT2D eigenvalue weighted by Crippen LogP contribution is -2.39. The topological polar surface area (TPSA) is 40.5 Å². The quantitative estimate of drug-likeness (QED) is 0.738. The van der Waals surface area contributed by atoms with Crippen molar-refractivity contribution >= 4 is 0 Å². The van der Waals surface area contributed by atoms with Crippen LogP contribution in [-0.4, -0.2) is 10.2 Å². The van der Waals surface area contributed by atoms with Gasteiger partial charge in [0.25, 0.3) is 0 Å². The summed E-state index contributed by atoms with van der Waals surface area (Å²) >= 11 is 0. The monoisotopic (exact) mass is 270 g/mol. The minimum absolute atomic E-state index is 0.208. The Bertz CT molecular complexity index is 589. The third-order valence-electron chi connectivity index (χ3n) is 6.07. The summed E-state index contributed by atoms with van der Waals surface area (Å²) in [4.78, 5) is 0. The molecule has 20 heavy (non-hydrogen) atoms. The Kier molecular flexibility index (Phi) is 2.48. The van der Waals surface area contributed by atoms with E-state index >= 15 is 0 Å². The molecule has 4 atom stereocenters. The molecule has 1 saturated carbocycles. The summed E-state index contributed by atoms with van der Waals surface area (Å²) in [6.45, 7) is 2.32. The van der Waals surface area contributed by atoms with Gasteiger partial charge < -0.3 is 10.2 Å². The minimum atomic E-state index is 0.208. The van der Waals surface area contributed by atoms with Gasteiger partial charge in [-0.3, -0.25) is 0 Å². The van der Waals surface area contributed by atoms with Gasteiger partial charge in [0, 0.05) is 6.42 Å². The van der Waals surface area contributed by atoms with Crippen LogP contribution in [0.3, 0.4) is 0 Å². The number of hydrogen-bond donors (Lipinski definition) is 2. The van der Waals surface area contributed by atoms with E-state index in [4.69, 9.17) is 0 Å². The molecule has 0 spiro atoms. The largest absolute Gasteiger partial charge is 0.513 e. The second-order valence-electron chi connectivity index (χ2n) is 7.18. The highest BCUT2D eigenvalue weighted by Crippen LogP contribution is 2.59. The molecule has 0 heterocycles. The predicted octanol–water partition coefficient (Wildman–Crippen LogP) is 4.30. The maximum atomic E-state index is 9.98. The first-order chi connectivity index (χ1) is 9.57. The molecule has 1 aromatic rings. The standard InChI is InChI=1S/C18H22O2/c1-18-7-6-15-14-5-3-12(19)8-11(14)2-4-16(15)17(18)9-13(20)10-18/h3,5,8,10,15-17,19-20H,2,4,6-7,9H2,1H3/t15-,16-,17+,18-/m1/s1. The van der Waals surface area contributed by atoms with E-state index in [1.807, 2.05) is 12.1 Å². The number of phenolic OH excluding ortho intramolecular Hbond substituents is 1. The van der Waals surface area contributed by atoms with Crippen LogP contribution in [0.4, 0.5) is 0 Å². The van der Waals surface area contributed by atoms with Crippen molar-refractivity contribution in [3.05, 3.63) is 41.2 Å². The fourth-order valence-corrected chi connectivity index (χ4v) is 5.15. The van der Waals surface area contributed by atoms with Crippen molar-refractivity contribution in [1.82, 2.24) is 0 Å². The molecule has 1 aromatic carbocycles. The Labute approximate surface area is 120 Å². The Hall–Kier alpha value is -1.44. The highest BCUT2D eigenvalue weighted by Gasteiger charge is 2.50. The fraction of sp³-hybridized carbons (Fsp3) is 0.556. The van der Waals surface area contributed by atoms with E-state index in [9.17, 15) is 10.2 Å². The maximum absolute atomic E-state index is 9.98. The second kappa shape index (κ2) is 4.03. The van der Waals surface area contributed by atoms with E-state index < -0.39 is 0 Å². The lowest BCUT2D eigenvalue weighted by Gasteiger charge is -2.48. The summed E-state index contributed by atoms with van der Waals surface area (Å²) in [5, 5.41) is 19.6. The van der Waals surface area contributed by atoms with Gasteiger partial charge >= 0.3 is 0 Å². The number of hydrogen-bond acceptors (Lipinski definition) is 2. The summed E-state index contributed by atoms with van der Waals surface area (Å²) < 4.78 is 0. The smallest absolute Gasteiger partial charge is 0.115 e. The van der Waals surface area contributed by atoms with Crippen LogP contribution < -0.4 is 0 Å². The number of allylic oxidation sites excluding steroid dienone is 2. The van der Waals surface area contributed by atoms with Crippen molar-refractivity contribution in [3.63, 3.8) is 0 Å². The fourth-order valence-electron chi connectivity index (χ4n) is 5.15. The van der Waals surface area contributed by atoms with Crippen LogP contribution in [-0.2, 0) is 6.42 Å². The number of fused-ring (bicyclic) bond motifs is 5. The third-order valence-corrected chi connectivity index (χ3v) is 6.07. The molecule has 0 amide bonds. The van der Waals surface area contributed by atoms with Gasteiger partial charge in [0.1, 0.15) is 5.75 Å². The van der Waals surface area contributed by atoms with Gasteiger partial charge in [-0.2, -0.15) is 0 Å². The van der Waals surface area contributed by atoms with Crippen LogP contribution in [0.2, 0.25) is 0 Å². The number of aliphatic hydroxyl groups excluding tert-OH is 1. The van der Waals surface area contributed by atoms with Crippen molar-refractivity contribution in [2.24, 2.45) is 17.3 Å². The average molecular weight is 270 g/mol. The molecule has 4 rings (SSSR count). The first-order valence-corrected chi connectivity index (χ1v) is 7.79. The van der Waals surface area contributed by atoms with Gasteiger partial charge in [0.15, 0.2) is 0 Å². The molecule has 0 saturated heterocycles. The molecular weight excluding hydrogens is 248 g/mol. The third kappa shape index (κ3) is 1.63. The van der Waals surface area contributed by atoms with Crippen LogP contribution in [0.1, 0.15) is 49.7 Å². The van der Waals surface area contributed by atoms with E-state index in [0.717, 1.165) is 12.8 Å². The first-order valence-electron chi connectivity index (χ1n) is 7.79. The zero-order valence-corrected chi connectivity index (χ0v) is 12.0. The molecule has 0 aliphatic heterocycles. The lowest BCUT2D eigenvalue weighted by atomic mass is 9.56. The molecule has 0 aromatic heterocycles. The van der Waals surface area contributed by atoms with Crippen LogP contribution in [0, 0.1) is 17.3 Å². The number of benzene rings is 1. The summed E-state index contributed by atoms with van der Waals surface area (Å²) in [5.41, 5.74) is 3.00. The number of aryl methyl sites for hydroxylation is 1. The molecule has 2 heteroatoms. The van der Waals surface area contributed by atoms with Gasteiger partial charge in [0.05, 0.1) is 5.76 Å². The van der Waals surface area contributed by atoms with Gasteiger partial charge in [-0.1, -0.05) is 13.0 Å². The minimum Gasteiger partial charge on any atom is -0.513 e. The highest BCUT2D eigenvalue weighted by molar-refractivity contribution is 5.40. The van der Waals surface area contributed by atoms with Crippen LogP contribution in [0.5, 0.6) is 5.75 Å². The molecule has 0 radical (unpaired) electrons. The van der Waals surface area contributed by atoms with Crippen molar-refractivity contribution in [3.8, 4) is 5.75 Å². The zero-order chi connectivity index (χ0) is 13.9. The molecule has 0 unspecified atom stereocenters. The van der Waals surface area contributed by atoms with Crippen molar-refractivity contribution < 1.29 is 10.2 Å². The molecule has 0 bridgehead atoms. The summed E-state index contributed by atoms with van der Waals surface area (Å²) in [6, 6.07) is 5.91. The van der Waals surface area contributed by atoms with Crippen molar-refractivity contribution in [2.45, 2.75) is 44.9 Å². The van der Waals surface area contributed by atoms with E-state index in [1.165, 1.54) is 30.4 Å².